The molecule has 4 nitrogen and oxygen atoms in total. The van der Waals surface area contributed by atoms with E-state index in [4.69, 9.17) is 0 Å². The molecule has 4 heteroatoms. The van der Waals surface area contributed by atoms with Crippen molar-refractivity contribution in [3.8, 4) is 5.82 Å². The second kappa shape index (κ2) is 5.13. The van der Waals surface area contributed by atoms with Crippen molar-refractivity contribution in [3.05, 3.63) is 41.9 Å². The summed E-state index contributed by atoms with van der Waals surface area (Å²) in [4.78, 5) is 4.41. The van der Waals surface area contributed by atoms with E-state index in [0.717, 1.165) is 12.4 Å². The fourth-order valence-corrected chi connectivity index (χ4v) is 2.30. The van der Waals surface area contributed by atoms with Crippen LogP contribution in [0.15, 0.2) is 30.6 Å². The fraction of sp³-hybridized carbons (Fsp3) is 0.467. The van der Waals surface area contributed by atoms with Gasteiger partial charge in [0.1, 0.15) is 0 Å². The van der Waals surface area contributed by atoms with Crippen molar-refractivity contribution < 1.29 is 0 Å². The third kappa shape index (κ3) is 2.68. The van der Waals surface area contributed by atoms with Gasteiger partial charge in [0, 0.05) is 30.3 Å². The number of nitrogens with zero attached hydrogens (tertiary/aromatic N) is 3. The highest BCUT2D eigenvalue weighted by Gasteiger charge is 2.30. The molecule has 3 rings (SSSR count). The minimum atomic E-state index is 0.491. The van der Waals surface area contributed by atoms with E-state index in [1.165, 1.54) is 24.1 Å². The third-order valence-electron chi connectivity index (χ3n) is 3.42. The van der Waals surface area contributed by atoms with Crippen LogP contribution < -0.4 is 5.32 Å². The molecule has 0 unspecified atom stereocenters. The lowest BCUT2D eigenvalue weighted by Crippen LogP contribution is -2.22. The molecule has 2 aromatic rings. The topological polar surface area (TPSA) is 42.7 Å². The molecule has 0 saturated heterocycles. The van der Waals surface area contributed by atoms with Gasteiger partial charge in [-0.1, -0.05) is 19.9 Å². The summed E-state index contributed by atoms with van der Waals surface area (Å²) in [5, 5.41) is 8.02. The Morgan fingerprint density at radius 1 is 1.37 bits per heavy atom. The van der Waals surface area contributed by atoms with Gasteiger partial charge in [-0.05, 0) is 25.0 Å². The summed E-state index contributed by atoms with van der Waals surface area (Å²) >= 11 is 0. The zero-order chi connectivity index (χ0) is 13.2. The SMILES string of the molecule is CC(C)NCc1cnn(-c2ccccn2)c1C1CC1. The van der Waals surface area contributed by atoms with Crippen LogP contribution in [-0.4, -0.2) is 20.8 Å². The molecule has 0 aliphatic heterocycles. The van der Waals surface area contributed by atoms with Crippen LogP contribution in [0.5, 0.6) is 0 Å². The van der Waals surface area contributed by atoms with Gasteiger partial charge in [-0.3, -0.25) is 0 Å². The smallest absolute Gasteiger partial charge is 0.153 e. The summed E-state index contributed by atoms with van der Waals surface area (Å²) in [6, 6.07) is 6.45. The molecule has 2 aromatic heterocycles. The highest BCUT2D eigenvalue weighted by molar-refractivity contribution is 5.33. The number of nitrogens with one attached hydrogen (secondary N) is 1. The molecule has 100 valence electrons. The molecule has 1 N–H and O–H groups in total. The predicted octanol–water partition coefficient (Wildman–Crippen LogP) is 2.64. The van der Waals surface area contributed by atoms with Crippen LogP contribution in [0.4, 0.5) is 0 Å². The molecule has 1 saturated carbocycles. The van der Waals surface area contributed by atoms with Gasteiger partial charge in [0.2, 0.25) is 0 Å². The first-order chi connectivity index (χ1) is 9.25. The first-order valence-corrected chi connectivity index (χ1v) is 6.97. The zero-order valence-electron chi connectivity index (χ0n) is 11.5. The molecule has 1 fully saturated rings. The first-order valence-electron chi connectivity index (χ1n) is 6.97. The largest absolute Gasteiger partial charge is 0.310 e. The standard InChI is InChI=1S/C15H20N4/c1-11(2)17-9-13-10-18-19(15(13)12-6-7-12)14-5-3-4-8-16-14/h3-5,8,10-12,17H,6-7,9H2,1-2H3. The van der Waals surface area contributed by atoms with Crippen LogP contribution in [0.1, 0.15) is 43.9 Å². The van der Waals surface area contributed by atoms with Crippen LogP contribution in [0, 0.1) is 0 Å². The second-order valence-electron chi connectivity index (χ2n) is 5.46. The lowest BCUT2D eigenvalue weighted by molar-refractivity contribution is 0.585. The maximum absolute atomic E-state index is 4.54. The summed E-state index contributed by atoms with van der Waals surface area (Å²) < 4.78 is 2.01. The number of pyridine rings is 1. The number of aromatic nitrogens is 3. The Hall–Kier alpha value is -1.68. The Kier molecular flexibility index (Phi) is 3.34. The van der Waals surface area contributed by atoms with Crippen LogP contribution in [0.3, 0.4) is 0 Å². The van der Waals surface area contributed by atoms with Crippen LogP contribution in [-0.2, 0) is 6.54 Å². The predicted molar refractivity (Wildman–Crippen MR) is 75.3 cm³/mol. The molecule has 0 spiro atoms. The fourth-order valence-electron chi connectivity index (χ4n) is 2.30. The summed E-state index contributed by atoms with van der Waals surface area (Å²) in [6.45, 7) is 5.22. The molecule has 1 aliphatic carbocycles. The highest BCUT2D eigenvalue weighted by atomic mass is 15.3. The Balaban J connectivity index is 1.92. The minimum absolute atomic E-state index is 0.491. The molecular formula is C15H20N4. The van der Waals surface area contributed by atoms with Crippen molar-refractivity contribution in [2.24, 2.45) is 0 Å². The van der Waals surface area contributed by atoms with Crippen LogP contribution in [0.25, 0.3) is 5.82 Å². The lowest BCUT2D eigenvalue weighted by Gasteiger charge is -2.10. The van der Waals surface area contributed by atoms with Crippen molar-refractivity contribution in [3.63, 3.8) is 0 Å². The molecule has 0 bridgehead atoms. The maximum atomic E-state index is 4.54. The van der Waals surface area contributed by atoms with E-state index in [0.29, 0.717) is 12.0 Å². The molecule has 2 heterocycles. The quantitative estimate of drug-likeness (QED) is 0.894. The Morgan fingerprint density at radius 3 is 2.84 bits per heavy atom. The monoisotopic (exact) mass is 256 g/mol. The van der Waals surface area contributed by atoms with Gasteiger partial charge in [0.25, 0.3) is 0 Å². The number of rotatable bonds is 5. The summed E-state index contributed by atoms with van der Waals surface area (Å²) in [7, 11) is 0. The normalized spacial score (nSPS) is 15.1. The first kappa shape index (κ1) is 12.4. The zero-order valence-corrected chi connectivity index (χ0v) is 11.5. The van der Waals surface area contributed by atoms with Gasteiger partial charge in [0.05, 0.1) is 11.9 Å². The number of hydrogen-bond donors (Lipinski definition) is 1. The van der Waals surface area contributed by atoms with Crippen molar-refractivity contribution in [1.29, 1.82) is 0 Å². The van der Waals surface area contributed by atoms with Crippen molar-refractivity contribution >= 4 is 0 Å². The van der Waals surface area contributed by atoms with E-state index in [1.54, 1.807) is 0 Å². The van der Waals surface area contributed by atoms with Gasteiger partial charge < -0.3 is 5.32 Å². The molecule has 0 radical (unpaired) electrons. The van der Waals surface area contributed by atoms with Gasteiger partial charge >= 0.3 is 0 Å². The number of hydrogen-bond acceptors (Lipinski definition) is 3. The summed E-state index contributed by atoms with van der Waals surface area (Å²) in [6.07, 6.45) is 6.35. The molecule has 0 atom stereocenters. The highest BCUT2D eigenvalue weighted by Crippen LogP contribution is 2.42. The van der Waals surface area contributed by atoms with Crippen molar-refractivity contribution in [2.75, 3.05) is 0 Å². The molecule has 19 heavy (non-hydrogen) atoms. The maximum Gasteiger partial charge on any atom is 0.153 e. The van der Waals surface area contributed by atoms with E-state index < -0.39 is 0 Å². The molecule has 0 aromatic carbocycles. The van der Waals surface area contributed by atoms with E-state index in [-0.39, 0.29) is 0 Å². The van der Waals surface area contributed by atoms with Crippen molar-refractivity contribution in [2.45, 2.75) is 45.2 Å². The van der Waals surface area contributed by atoms with Gasteiger partial charge in [0.15, 0.2) is 5.82 Å². The molecular weight excluding hydrogens is 236 g/mol. The average molecular weight is 256 g/mol. The Bertz CT molecular complexity index is 541. The van der Waals surface area contributed by atoms with E-state index in [2.05, 4.69) is 29.2 Å². The van der Waals surface area contributed by atoms with Gasteiger partial charge in [-0.2, -0.15) is 5.10 Å². The minimum Gasteiger partial charge on any atom is -0.310 e. The van der Waals surface area contributed by atoms with E-state index in [1.807, 2.05) is 35.3 Å². The lowest BCUT2D eigenvalue weighted by atomic mass is 10.1. The Labute approximate surface area is 113 Å². The summed E-state index contributed by atoms with van der Waals surface area (Å²) in [5.41, 5.74) is 2.65. The van der Waals surface area contributed by atoms with Crippen molar-refractivity contribution in [1.82, 2.24) is 20.1 Å². The van der Waals surface area contributed by atoms with E-state index in [9.17, 15) is 0 Å². The molecule has 0 amide bonds. The average Bonchev–Trinajstić information content (AvgIpc) is 3.17. The van der Waals surface area contributed by atoms with E-state index >= 15 is 0 Å². The summed E-state index contributed by atoms with van der Waals surface area (Å²) in [5.74, 6) is 1.58. The molecule has 1 aliphatic rings. The van der Waals surface area contributed by atoms with Gasteiger partial charge in [-0.15, -0.1) is 0 Å². The van der Waals surface area contributed by atoms with Crippen LogP contribution in [0.2, 0.25) is 0 Å². The second-order valence-corrected chi connectivity index (χ2v) is 5.46. The van der Waals surface area contributed by atoms with Crippen LogP contribution >= 0.6 is 0 Å². The third-order valence-corrected chi connectivity index (χ3v) is 3.42. The van der Waals surface area contributed by atoms with Gasteiger partial charge in [-0.25, -0.2) is 9.67 Å². The Morgan fingerprint density at radius 2 is 2.21 bits per heavy atom.